The number of benzene rings is 1. The number of carbonyl (C=O) groups is 1. The number of amides is 1. The molecule has 0 saturated carbocycles. The van der Waals surface area contributed by atoms with E-state index in [1.807, 2.05) is 18.2 Å². The second kappa shape index (κ2) is 6.77. The van der Waals surface area contributed by atoms with E-state index in [1.54, 1.807) is 0 Å². The first-order chi connectivity index (χ1) is 10.8. The van der Waals surface area contributed by atoms with E-state index in [0.717, 1.165) is 21.5 Å². The van der Waals surface area contributed by atoms with Gasteiger partial charge in [0.2, 0.25) is 0 Å². The molecule has 5 heteroatoms. The first-order valence-corrected chi connectivity index (χ1v) is 7.79. The minimum Gasteiger partial charge on any atom is -0.320 e. The number of aryl methyl sites for hydroxylation is 1. The summed E-state index contributed by atoms with van der Waals surface area (Å²) in [4.78, 5) is 23.9. The summed E-state index contributed by atoms with van der Waals surface area (Å²) in [6.07, 6.45) is 0. The lowest BCUT2D eigenvalue weighted by Crippen LogP contribution is -2.24. The highest BCUT2D eigenvalue weighted by Crippen LogP contribution is 2.32. The van der Waals surface area contributed by atoms with Crippen molar-refractivity contribution in [2.75, 3.05) is 5.32 Å². The molecule has 0 radical (unpaired) electrons. The fraction of sp³-hybridized carbons (Fsp3) is 0.389. The fourth-order valence-electron chi connectivity index (χ4n) is 2.50. The van der Waals surface area contributed by atoms with Gasteiger partial charge in [-0.15, -0.1) is 0 Å². The smallest absolute Gasteiger partial charge is 0.276 e. The Morgan fingerprint density at radius 3 is 2.09 bits per heavy atom. The molecule has 1 amide bonds. The number of anilines is 1. The average molecular weight is 313 g/mol. The zero-order valence-electron chi connectivity index (χ0n) is 14.3. The van der Waals surface area contributed by atoms with Gasteiger partial charge < -0.3 is 5.32 Å². The Kier molecular flexibility index (Phi) is 4.98. The number of rotatable bonds is 4. The van der Waals surface area contributed by atoms with Gasteiger partial charge in [-0.05, 0) is 29.0 Å². The molecule has 0 aliphatic heterocycles. The SMILES string of the molecule is CC(C)c1cccc(C(C)C)c1NC(=O)c1ccc(=O)n(C)n1. The van der Waals surface area contributed by atoms with E-state index < -0.39 is 0 Å². The summed E-state index contributed by atoms with van der Waals surface area (Å²) in [5, 5.41) is 7.00. The Morgan fingerprint density at radius 1 is 1.04 bits per heavy atom. The lowest BCUT2D eigenvalue weighted by Gasteiger charge is -2.20. The topological polar surface area (TPSA) is 64.0 Å². The third-order valence-electron chi connectivity index (χ3n) is 3.80. The van der Waals surface area contributed by atoms with Gasteiger partial charge in [-0.3, -0.25) is 9.59 Å². The van der Waals surface area contributed by atoms with Crippen LogP contribution in [0.2, 0.25) is 0 Å². The summed E-state index contributed by atoms with van der Waals surface area (Å²) in [6.45, 7) is 8.39. The molecule has 1 aromatic heterocycles. The zero-order valence-corrected chi connectivity index (χ0v) is 14.3. The van der Waals surface area contributed by atoms with Gasteiger partial charge >= 0.3 is 0 Å². The Hall–Kier alpha value is -2.43. The van der Waals surface area contributed by atoms with E-state index in [1.165, 1.54) is 19.2 Å². The molecule has 2 aromatic rings. The molecule has 1 heterocycles. The van der Waals surface area contributed by atoms with Crippen LogP contribution in [-0.4, -0.2) is 15.7 Å². The Balaban J connectivity index is 2.43. The van der Waals surface area contributed by atoms with Crippen molar-refractivity contribution in [1.29, 1.82) is 0 Å². The van der Waals surface area contributed by atoms with Gasteiger partial charge in [0.05, 0.1) is 0 Å². The van der Waals surface area contributed by atoms with Crippen molar-refractivity contribution in [3.8, 4) is 0 Å². The monoisotopic (exact) mass is 313 g/mol. The van der Waals surface area contributed by atoms with Crippen LogP contribution in [0.4, 0.5) is 5.69 Å². The number of hydrogen-bond donors (Lipinski definition) is 1. The van der Waals surface area contributed by atoms with Crippen molar-refractivity contribution in [3.05, 3.63) is 57.5 Å². The Bertz CT molecular complexity index is 750. The van der Waals surface area contributed by atoms with Crippen LogP contribution in [0.3, 0.4) is 0 Å². The summed E-state index contributed by atoms with van der Waals surface area (Å²) in [7, 11) is 1.53. The van der Waals surface area contributed by atoms with Crippen molar-refractivity contribution >= 4 is 11.6 Å². The molecule has 0 fully saturated rings. The molecule has 5 nitrogen and oxygen atoms in total. The second-order valence-corrected chi connectivity index (χ2v) is 6.26. The normalized spacial score (nSPS) is 11.1. The van der Waals surface area contributed by atoms with Crippen molar-refractivity contribution in [2.45, 2.75) is 39.5 Å². The highest BCUT2D eigenvalue weighted by Gasteiger charge is 2.17. The van der Waals surface area contributed by atoms with Crippen LogP contribution in [0.5, 0.6) is 0 Å². The summed E-state index contributed by atoms with van der Waals surface area (Å²) in [5.74, 6) is 0.268. The van der Waals surface area contributed by atoms with E-state index in [2.05, 4.69) is 38.1 Å². The number of aromatic nitrogens is 2. The molecular formula is C18H23N3O2. The molecule has 1 N–H and O–H groups in total. The van der Waals surface area contributed by atoms with Gasteiger partial charge in [0.15, 0.2) is 0 Å². The average Bonchev–Trinajstić information content (AvgIpc) is 2.49. The number of nitrogens with one attached hydrogen (secondary N) is 1. The van der Waals surface area contributed by atoms with E-state index in [-0.39, 0.29) is 29.0 Å². The van der Waals surface area contributed by atoms with Crippen LogP contribution in [0.1, 0.15) is 61.1 Å². The molecule has 0 saturated heterocycles. The van der Waals surface area contributed by atoms with Gasteiger partial charge in [0.1, 0.15) is 5.69 Å². The number of nitrogens with zero attached hydrogens (tertiary/aromatic N) is 2. The molecule has 122 valence electrons. The van der Waals surface area contributed by atoms with Crippen LogP contribution < -0.4 is 10.9 Å². The fourth-order valence-corrected chi connectivity index (χ4v) is 2.50. The lowest BCUT2D eigenvalue weighted by atomic mass is 9.92. The molecule has 2 rings (SSSR count). The standard InChI is InChI=1S/C18H23N3O2/c1-11(2)13-7-6-8-14(12(3)4)17(13)19-18(23)15-9-10-16(22)21(5)20-15/h6-12H,1-5H3,(H,19,23). The van der Waals surface area contributed by atoms with E-state index in [4.69, 9.17) is 0 Å². The maximum atomic E-state index is 12.5. The van der Waals surface area contributed by atoms with Gasteiger partial charge in [0.25, 0.3) is 11.5 Å². The molecule has 0 bridgehead atoms. The van der Waals surface area contributed by atoms with Crippen LogP contribution >= 0.6 is 0 Å². The van der Waals surface area contributed by atoms with Crippen molar-refractivity contribution < 1.29 is 4.79 Å². The zero-order chi connectivity index (χ0) is 17.1. The molecule has 0 spiro atoms. The number of para-hydroxylation sites is 1. The second-order valence-electron chi connectivity index (χ2n) is 6.26. The highest BCUT2D eigenvalue weighted by molar-refractivity contribution is 6.03. The molecule has 0 atom stereocenters. The molecule has 1 aromatic carbocycles. The Labute approximate surface area is 136 Å². The lowest BCUT2D eigenvalue weighted by molar-refractivity contribution is 0.102. The predicted molar refractivity (Wildman–Crippen MR) is 92.1 cm³/mol. The summed E-state index contributed by atoms with van der Waals surface area (Å²) >= 11 is 0. The van der Waals surface area contributed by atoms with Gasteiger partial charge in [-0.25, -0.2) is 4.68 Å². The van der Waals surface area contributed by atoms with Crippen LogP contribution in [0, 0.1) is 0 Å². The molecule has 0 aliphatic rings. The van der Waals surface area contributed by atoms with Crippen LogP contribution in [0.25, 0.3) is 0 Å². The first kappa shape index (κ1) is 16.9. The van der Waals surface area contributed by atoms with Crippen molar-refractivity contribution in [1.82, 2.24) is 9.78 Å². The van der Waals surface area contributed by atoms with Crippen LogP contribution in [-0.2, 0) is 7.05 Å². The van der Waals surface area contributed by atoms with Crippen molar-refractivity contribution in [2.24, 2.45) is 7.05 Å². The third-order valence-corrected chi connectivity index (χ3v) is 3.80. The molecular weight excluding hydrogens is 290 g/mol. The molecule has 23 heavy (non-hydrogen) atoms. The largest absolute Gasteiger partial charge is 0.320 e. The van der Waals surface area contributed by atoms with E-state index in [0.29, 0.717) is 0 Å². The van der Waals surface area contributed by atoms with E-state index in [9.17, 15) is 9.59 Å². The Morgan fingerprint density at radius 2 is 1.61 bits per heavy atom. The summed E-state index contributed by atoms with van der Waals surface area (Å²) in [6, 6.07) is 8.87. The summed E-state index contributed by atoms with van der Waals surface area (Å²) in [5.41, 5.74) is 3.01. The maximum absolute atomic E-state index is 12.5. The molecule has 0 aliphatic carbocycles. The van der Waals surface area contributed by atoms with Gasteiger partial charge in [0, 0.05) is 18.8 Å². The van der Waals surface area contributed by atoms with E-state index >= 15 is 0 Å². The van der Waals surface area contributed by atoms with Gasteiger partial charge in [-0.1, -0.05) is 45.9 Å². The number of carbonyl (C=O) groups excluding carboxylic acids is 1. The maximum Gasteiger partial charge on any atom is 0.276 e. The first-order valence-electron chi connectivity index (χ1n) is 7.79. The quantitative estimate of drug-likeness (QED) is 0.942. The van der Waals surface area contributed by atoms with Gasteiger partial charge in [-0.2, -0.15) is 5.10 Å². The highest BCUT2D eigenvalue weighted by atomic mass is 16.2. The minimum atomic E-state index is -0.310. The van der Waals surface area contributed by atoms with Crippen LogP contribution in [0.15, 0.2) is 35.1 Å². The molecule has 0 unspecified atom stereocenters. The third kappa shape index (κ3) is 3.67. The number of hydrogen-bond acceptors (Lipinski definition) is 3. The van der Waals surface area contributed by atoms with Crippen molar-refractivity contribution in [3.63, 3.8) is 0 Å². The summed E-state index contributed by atoms with van der Waals surface area (Å²) < 4.78 is 1.16. The minimum absolute atomic E-state index is 0.223. The predicted octanol–water partition coefficient (Wildman–Crippen LogP) is 3.28.